The second-order valence-corrected chi connectivity index (χ2v) is 4.12. The third-order valence-electron chi connectivity index (χ3n) is 2.79. The molecule has 0 unspecified atom stereocenters. The normalized spacial score (nSPS) is 9.45. The van der Waals surface area contributed by atoms with Gasteiger partial charge in [-0.05, 0) is 24.0 Å². The smallest absolute Gasteiger partial charge is 0.306 e. The van der Waals surface area contributed by atoms with Gasteiger partial charge in [-0.3, -0.25) is 10.2 Å². The Hall–Kier alpha value is -2.55. The average molecular weight is 274 g/mol. The number of carbonyl (C=O) groups is 2. The van der Waals surface area contributed by atoms with Crippen molar-refractivity contribution in [1.29, 1.82) is 5.26 Å². The number of benzene rings is 1. The van der Waals surface area contributed by atoms with Crippen molar-refractivity contribution < 1.29 is 9.59 Å². The van der Waals surface area contributed by atoms with Crippen LogP contribution in [0.2, 0.25) is 0 Å². The number of carbonyl (C=O) groups excluding carboxylic acids is 2. The molecule has 0 aliphatic heterocycles. The van der Waals surface area contributed by atoms with Crippen LogP contribution in [0.3, 0.4) is 0 Å². The van der Waals surface area contributed by atoms with E-state index in [2.05, 4.69) is 16.2 Å². The van der Waals surface area contributed by atoms with Crippen molar-refractivity contribution in [1.82, 2.24) is 10.9 Å². The maximum Gasteiger partial charge on any atom is 0.337 e. The Morgan fingerprint density at radius 2 is 1.75 bits per heavy atom. The number of hydrogen-bond acceptors (Lipinski definition) is 3. The van der Waals surface area contributed by atoms with Gasteiger partial charge in [-0.15, -0.1) is 0 Å². The summed E-state index contributed by atoms with van der Waals surface area (Å²) in [6.45, 7) is 4.01. The van der Waals surface area contributed by atoms with Crippen LogP contribution in [-0.4, -0.2) is 11.9 Å². The molecule has 3 amide bonds. The van der Waals surface area contributed by atoms with Gasteiger partial charge in [0.25, 0.3) is 5.91 Å². The number of amides is 3. The zero-order chi connectivity index (χ0) is 15.0. The molecule has 1 rings (SSSR count). The molecule has 0 atom stereocenters. The van der Waals surface area contributed by atoms with Crippen molar-refractivity contribution in [2.75, 3.05) is 5.32 Å². The zero-order valence-corrected chi connectivity index (χ0v) is 11.6. The van der Waals surface area contributed by atoms with Crippen LogP contribution in [0, 0.1) is 11.3 Å². The van der Waals surface area contributed by atoms with E-state index in [1.165, 1.54) is 0 Å². The number of nitrogens with one attached hydrogen (secondary N) is 3. The Kier molecular flexibility index (Phi) is 6.04. The second-order valence-electron chi connectivity index (χ2n) is 4.12. The highest BCUT2D eigenvalue weighted by Gasteiger charge is 2.10. The van der Waals surface area contributed by atoms with Gasteiger partial charge < -0.3 is 5.32 Å². The minimum Gasteiger partial charge on any atom is -0.306 e. The number of urea groups is 1. The summed E-state index contributed by atoms with van der Waals surface area (Å²) in [5.41, 5.74) is 7.20. The largest absolute Gasteiger partial charge is 0.337 e. The van der Waals surface area contributed by atoms with E-state index in [4.69, 9.17) is 5.26 Å². The lowest BCUT2D eigenvalue weighted by atomic mass is 10.0. The lowest BCUT2D eigenvalue weighted by Crippen LogP contribution is -2.43. The molecule has 0 heterocycles. The summed E-state index contributed by atoms with van der Waals surface area (Å²) < 4.78 is 0. The molecule has 0 saturated carbocycles. The fraction of sp³-hybridized carbons (Fsp3) is 0.357. The standard InChI is InChI=1S/C14H18N4O2/c1-3-10-6-5-7-11(4-2)13(10)16-14(20)18-17-12(19)8-9-15/h5-7H,3-4,8H2,1-2H3,(H,17,19)(H2,16,18,20). The number of aryl methyl sites for hydroxylation is 2. The maximum atomic E-state index is 11.7. The molecule has 1 aromatic rings. The third kappa shape index (κ3) is 4.28. The first-order valence-corrected chi connectivity index (χ1v) is 6.45. The highest BCUT2D eigenvalue weighted by Crippen LogP contribution is 2.22. The first kappa shape index (κ1) is 15.5. The molecule has 0 radical (unpaired) electrons. The van der Waals surface area contributed by atoms with Gasteiger partial charge in [0.1, 0.15) is 6.42 Å². The molecule has 0 fully saturated rings. The molecule has 6 heteroatoms. The quantitative estimate of drug-likeness (QED) is 0.732. The monoisotopic (exact) mass is 274 g/mol. The lowest BCUT2D eigenvalue weighted by Gasteiger charge is -2.15. The van der Waals surface area contributed by atoms with Gasteiger partial charge in [0.15, 0.2) is 0 Å². The van der Waals surface area contributed by atoms with Gasteiger partial charge in [0.2, 0.25) is 0 Å². The minimum absolute atomic E-state index is 0.300. The van der Waals surface area contributed by atoms with E-state index in [9.17, 15) is 9.59 Å². The summed E-state index contributed by atoms with van der Waals surface area (Å²) in [5.74, 6) is -0.554. The molecule has 0 aliphatic carbocycles. The van der Waals surface area contributed by atoms with Crippen molar-refractivity contribution in [3.05, 3.63) is 29.3 Å². The fourth-order valence-corrected chi connectivity index (χ4v) is 1.79. The van der Waals surface area contributed by atoms with Crippen LogP contribution >= 0.6 is 0 Å². The Labute approximate surface area is 118 Å². The Bertz CT molecular complexity index is 512. The van der Waals surface area contributed by atoms with Crippen LogP contribution in [0.25, 0.3) is 0 Å². The topological polar surface area (TPSA) is 94.0 Å². The van der Waals surface area contributed by atoms with Gasteiger partial charge in [0, 0.05) is 5.69 Å². The van der Waals surface area contributed by atoms with Crippen molar-refractivity contribution in [2.24, 2.45) is 0 Å². The summed E-state index contributed by atoms with van der Waals surface area (Å²) in [7, 11) is 0. The van der Waals surface area contributed by atoms with Gasteiger partial charge in [-0.1, -0.05) is 32.0 Å². The number of nitriles is 1. The van der Waals surface area contributed by atoms with E-state index in [-0.39, 0.29) is 6.42 Å². The molecule has 1 aromatic carbocycles. The molecule has 20 heavy (non-hydrogen) atoms. The van der Waals surface area contributed by atoms with Crippen molar-refractivity contribution in [3.63, 3.8) is 0 Å². The van der Waals surface area contributed by atoms with Crippen molar-refractivity contribution in [3.8, 4) is 6.07 Å². The fourth-order valence-electron chi connectivity index (χ4n) is 1.79. The highest BCUT2D eigenvalue weighted by molar-refractivity contribution is 5.92. The summed E-state index contributed by atoms with van der Waals surface area (Å²) in [6, 6.07) is 7.01. The highest BCUT2D eigenvalue weighted by atomic mass is 16.2. The molecule has 6 nitrogen and oxygen atoms in total. The second kappa shape index (κ2) is 7.79. The molecule has 0 spiro atoms. The van der Waals surface area contributed by atoms with Gasteiger partial charge in [-0.2, -0.15) is 5.26 Å². The van der Waals surface area contributed by atoms with Crippen molar-refractivity contribution in [2.45, 2.75) is 33.1 Å². The van der Waals surface area contributed by atoms with Crippen molar-refractivity contribution >= 4 is 17.6 Å². The van der Waals surface area contributed by atoms with Crippen LogP contribution in [0.4, 0.5) is 10.5 Å². The molecule has 0 saturated heterocycles. The van der Waals surface area contributed by atoms with Crippen LogP contribution in [0.5, 0.6) is 0 Å². The molecule has 106 valence electrons. The average Bonchev–Trinajstić information content (AvgIpc) is 2.45. The van der Waals surface area contributed by atoms with E-state index < -0.39 is 11.9 Å². The number of hydrogen-bond donors (Lipinski definition) is 3. The van der Waals surface area contributed by atoms with E-state index in [0.29, 0.717) is 0 Å². The van der Waals surface area contributed by atoms with E-state index in [0.717, 1.165) is 29.7 Å². The predicted octanol–water partition coefficient (Wildman–Crippen LogP) is 1.88. The molecule has 3 N–H and O–H groups in total. The third-order valence-corrected chi connectivity index (χ3v) is 2.79. The summed E-state index contributed by atoms with van der Waals surface area (Å²) in [4.78, 5) is 22.8. The Balaban J connectivity index is 2.71. The number of rotatable bonds is 4. The lowest BCUT2D eigenvalue weighted by molar-refractivity contribution is -0.120. The molecule has 0 aromatic heterocycles. The van der Waals surface area contributed by atoms with E-state index >= 15 is 0 Å². The summed E-state index contributed by atoms with van der Waals surface area (Å²) in [5, 5.41) is 11.1. The van der Waals surface area contributed by atoms with E-state index in [1.807, 2.05) is 32.0 Å². The van der Waals surface area contributed by atoms with Crippen LogP contribution in [-0.2, 0) is 17.6 Å². The molecular formula is C14H18N4O2. The number of hydrazine groups is 1. The molecule has 0 bridgehead atoms. The molecule has 0 aliphatic rings. The van der Waals surface area contributed by atoms with Gasteiger partial charge >= 0.3 is 6.03 Å². The Morgan fingerprint density at radius 1 is 1.15 bits per heavy atom. The van der Waals surface area contributed by atoms with Crippen LogP contribution in [0.1, 0.15) is 31.4 Å². The van der Waals surface area contributed by atoms with Gasteiger partial charge in [0.05, 0.1) is 6.07 Å². The van der Waals surface area contributed by atoms with Crippen LogP contribution < -0.4 is 16.2 Å². The summed E-state index contributed by atoms with van der Waals surface area (Å²) >= 11 is 0. The predicted molar refractivity (Wildman–Crippen MR) is 75.7 cm³/mol. The van der Waals surface area contributed by atoms with E-state index in [1.54, 1.807) is 6.07 Å². The minimum atomic E-state index is -0.554. The number of para-hydroxylation sites is 1. The summed E-state index contributed by atoms with van der Waals surface area (Å²) in [6.07, 6.45) is 1.29. The first-order valence-electron chi connectivity index (χ1n) is 6.45. The number of anilines is 1. The maximum absolute atomic E-state index is 11.7. The van der Waals surface area contributed by atoms with Gasteiger partial charge in [-0.25, -0.2) is 10.2 Å². The van der Waals surface area contributed by atoms with Crippen LogP contribution in [0.15, 0.2) is 18.2 Å². The Morgan fingerprint density at radius 3 is 2.25 bits per heavy atom. The number of nitrogens with zero attached hydrogens (tertiary/aromatic N) is 1. The SMILES string of the molecule is CCc1cccc(CC)c1NC(=O)NNC(=O)CC#N. The first-order chi connectivity index (χ1) is 9.62. The zero-order valence-electron chi connectivity index (χ0n) is 11.6. The molecular weight excluding hydrogens is 256 g/mol.